The molecule has 0 bridgehead atoms. The lowest BCUT2D eigenvalue weighted by Gasteiger charge is -2.26. The Morgan fingerprint density at radius 2 is 2.20 bits per heavy atom. The van der Waals surface area contributed by atoms with Crippen molar-refractivity contribution in [1.29, 1.82) is 0 Å². The Morgan fingerprint density at radius 1 is 1.47 bits per heavy atom. The largest absolute Gasteiger partial charge is 0.395 e. The predicted molar refractivity (Wildman–Crippen MR) is 64.0 cm³/mol. The van der Waals surface area contributed by atoms with E-state index in [1.807, 2.05) is 0 Å². The number of aliphatic hydroxyl groups excluding tert-OH is 1. The summed E-state index contributed by atoms with van der Waals surface area (Å²) in [7, 11) is 0. The molecular formula is C12H26N2O. The fraction of sp³-hybridized carbons (Fsp3) is 1.00. The molecule has 3 atom stereocenters. The lowest BCUT2D eigenvalue weighted by molar-refractivity contribution is 0.176. The average molecular weight is 214 g/mol. The maximum atomic E-state index is 9.28. The van der Waals surface area contributed by atoms with Crippen molar-refractivity contribution >= 4 is 0 Å². The molecule has 2 N–H and O–H groups in total. The molecule has 0 aromatic rings. The summed E-state index contributed by atoms with van der Waals surface area (Å²) < 4.78 is 0. The van der Waals surface area contributed by atoms with Gasteiger partial charge in [0.25, 0.3) is 0 Å². The van der Waals surface area contributed by atoms with Gasteiger partial charge in [-0.1, -0.05) is 13.8 Å². The van der Waals surface area contributed by atoms with E-state index in [2.05, 4.69) is 31.0 Å². The summed E-state index contributed by atoms with van der Waals surface area (Å²) >= 11 is 0. The van der Waals surface area contributed by atoms with Crippen molar-refractivity contribution in [2.45, 2.75) is 45.7 Å². The van der Waals surface area contributed by atoms with Crippen LogP contribution in [0.15, 0.2) is 0 Å². The second-order valence-electron chi connectivity index (χ2n) is 4.98. The third kappa shape index (κ3) is 4.09. The number of aliphatic hydroxyl groups is 1. The van der Waals surface area contributed by atoms with Crippen LogP contribution in [0.25, 0.3) is 0 Å². The second kappa shape index (κ2) is 6.46. The number of hydrogen-bond donors (Lipinski definition) is 2. The minimum Gasteiger partial charge on any atom is -0.395 e. The summed E-state index contributed by atoms with van der Waals surface area (Å²) in [5, 5.41) is 12.7. The van der Waals surface area contributed by atoms with Gasteiger partial charge in [-0.15, -0.1) is 0 Å². The lowest BCUT2D eigenvalue weighted by atomic mass is 10.1. The van der Waals surface area contributed by atoms with Crippen LogP contribution >= 0.6 is 0 Å². The van der Waals surface area contributed by atoms with E-state index in [0.29, 0.717) is 6.04 Å². The molecule has 0 aromatic heterocycles. The first-order valence-corrected chi connectivity index (χ1v) is 6.25. The second-order valence-corrected chi connectivity index (χ2v) is 4.98. The molecule has 3 heteroatoms. The molecular weight excluding hydrogens is 188 g/mol. The average Bonchev–Trinajstić information content (AvgIpc) is 2.52. The molecule has 1 rings (SSSR count). The SMILES string of the molecule is CCCNC(CO)CN1CC(C)CC1C. The fourth-order valence-corrected chi connectivity index (χ4v) is 2.46. The molecule has 0 aliphatic carbocycles. The van der Waals surface area contributed by atoms with E-state index in [-0.39, 0.29) is 12.6 Å². The number of nitrogens with zero attached hydrogens (tertiary/aromatic N) is 1. The Kier molecular flexibility index (Phi) is 5.58. The number of nitrogens with one attached hydrogen (secondary N) is 1. The molecule has 0 amide bonds. The first kappa shape index (κ1) is 12.9. The Bertz CT molecular complexity index is 175. The number of likely N-dealkylation sites (tertiary alicyclic amines) is 1. The van der Waals surface area contributed by atoms with E-state index in [0.717, 1.165) is 25.4 Å². The Labute approximate surface area is 93.9 Å². The van der Waals surface area contributed by atoms with Crippen molar-refractivity contribution in [2.24, 2.45) is 5.92 Å². The minimum absolute atomic E-state index is 0.248. The molecule has 1 saturated heterocycles. The first-order valence-electron chi connectivity index (χ1n) is 6.25. The van der Waals surface area contributed by atoms with Crippen LogP contribution in [-0.4, -0.2) is 48.3 Å². The van der Waals surface area contributed by atoms with Gasteiger partial charge in [0.2, 0.25) is 0 Å². The zero-order chi connectivity index (χ0) is 11.3. The van der Waals surface area contributed by atoms with E-state index in [1.54, 1.807) is 0 Å². The van der Waals surface area contributed by atoms with Gasteiger partial charge >= 0.3 is 0 Å². The summed E-state index contributed by atoms with van der Waals surface area (Å²) in [6.07, 6.45) is 2.42. The van der Waals surface area contributed by atoms with E-state index < -0.39 is 0 Å². The van der Waals surface area contributed by atoms with Crippen molar-refractivity contribution in [1.82, 2.24) is 10.2 Å². The van der Waals surface area contributed by atoms with Crippen LogP contribution < -0.4 is 5.32 Å². The molecule has 1 fully saturated rings. The highest BCUT2D eigenvalue weighted by Gasteiger charge is 2.27. The normalized spacial score (nSPS) is 29.6. The number of rotatable bonds is 6. The van der Waals surface area contributed by atoms with Crippen molar-refractivity contribution in [3.8, 4) is 0 Å². The zero-order valence-corrected chi connectivity index (χ0v) is 10.4. The van der Waals surface area contributed by atoms with Crippen LogP contribution in [0.5, 0.6) is 0 Å². The lowest BCUT2D eigenvalue weighted by Crippen LogP contribution is -2.44. The van der Waals surface area contributed by atoms with Gasteiger partial charge in [-0.2, -0.15) is 0 Å². The highest BCUT2D eigenvalue weighted by atomic mass is 16.3. The molecule has 3 nitrogen and oxygen atoms in total. The first-order chi connectivity index (χ1) is 7.17. The maximum Gasteiger partial charge on any atom is 0.0597 e. The molecule has 0 aromatic carbocycles. The molecule has 1 aliphatic rings. The van der Waals surface area contributed by atoms with Crippen molar-refractivity contribution < 1.29 is 5.11 Å². The summed E-state index contributed by atoms with van der Waals surface area (Å²) in [6.45, 7) is 10.2. The van der Waals surface area contributed by atoms with Gasteiger partial charge < -0.3 is 10.4 Å². The summed E-state index contributed by atoms with van der Waals surface area (Å²) in [5.74, 6) is 0.811. The van der Waals surface area contributed by atoms with Crippen LogP contribution in [-0.2, 0) is 0 Å². The van der Waals surface area contributed by atoms with Crippen LogP contribution in [0.3, 0.4) is 0 Å². The van der Waals surface area contributed by atoms with Crippen LogP contribution in [0.4, 0.5) is 0 Å². The summed E-state index contributed by atoms with van der Waals surface area (Å²) in [6, 6.07) is 0.926. The summed E-state index contributed by atoms with van der Waals surface area (Å²) in [5.41, 5.74) is 0. The van der Waals surface area contributed by atoms with E-state index in [9.17, 15) is 5.11 Å². The monoisotopic (exact) mass is 214 g/mol. The van der Waals surface area contributed by atoms with Gasteiger partial charge in [0.05, 0.1) is 6.61 Å². The smallest absolute Gasteiger partial charge is 0.0597 e. The maximum absolute atomic E-state index is 9.28. The van der Waals surface area contributed by atoms with Crippen molar-refractivity contribution in [2.75, 3.05) is 26.2 Å². The zero-order valence-electron chi connectivity index (χ0n) is 10.4. The van der Waals surface area contributed by atoms with Crippen LogP contribution in [0.2, 0.25) is 0 Å². The highest BCUT2D eigenvalue weighted by Crippen LogP contribution is 2.21. The molecule has 0 saturated carbocycles. The predicted octanol–water partition coefficient (Wildman–Crippen LogP) is 1.08. The van der Waals surface area contributed by atoms with Gasteiger partial charge in [0.15, 0.2) is 0 Å². The number of hydrogen-bond acceptors (Lipinski definition) is 3. The minimum atomic E-state index is 0.248. The van der Waals surface area contributed by atoms with E-state index in [1.165, 1.54) is 13.0 Å². The fourth-order valence-electron chi connectivity index (χ4n) is 2.46. The quantitative estimate of drug-likeness (QED) is 0.694. The third-order valence-corrected chi connectivity index (χ3v) is 3.27. The van der Waals surface area contributed by atoms with E-state index in [4.69, 9.17) is 0 Å². The van der Waals surface area contributed by atoms with Crippen LogP contribution in [0.1, 0.15) is 33.6 Å². The molecule has 1 heterocycles. The molecule has 90 valence electrons. The van der Waals surface area contributed by atoms with Gasteiger partial charge in [-0.3, -0.25) is 4.90 Å². The Balaban J connectivity index is 2.31. The molecule has 0 spiro atoms. The molecule has 3 unspecified atom stereocenters. The topological polar surface area (TPSA) is 35.5 Å². The van der Waals surface area contributed by atoms with Gasteiger partial charge in [-0.05, 0) is 32.2 Å². The van der Waals surface area contributed by atoms with Crippen LogP contribution in [0, 0.1) is 5.92 Å². The molecule has 0 radical (unpaired) electrons. The standard InChI is InChI=1S/C12H26N2O/c1-4-5-13-12(9-15)8-14-7-10(2)6-11(14)3/h10-13,15H,4-9H2,1-3H3. The van der Waals surface area contributed by atoms with Crippen molar-refractivity contribution in [3.63, 3.8) is 0 Å². The third-order valence-electron chi connectivity index (χ3n) is 3.27. The Hall–Kier alpha value is -0.120. The van der Waals surface area contributed by atoms with Gasteiger partial charge in [0, 0.05) is 25.2 Å². The van der Waals surface area contributed by atoms with Gasteiger partial charge in [-0.25, -0.2) is 0 Å². The highest BCUT2D eigenvalue weighted by molar-refractivity contribution is 4.83. The van der Waals surface area contributed by atoms with E-state index >= 15 is 0 Å². The van der Waals surface area contributed by atoms with Crippen molar-refractivity contribution in [3.05, 3.63) is 0 Å². The summed E-state index contributed by atoms with van der Waals surface area (Å²) in [4.78, 5) is 2.49. The van der Waals surface area contributed by atoms with Gasteiger partial charge in [0.1, 0.15) is 0 Å². The Morgan fingerprint density at radius 3 is 2.67 bits per heavy atom. The molecule has 15 heavy (non-hydrogen) atoms. The molecule has 1 aliphatic heterocycles.